The lowest BCUT2D eigenvalue weighted by molar-refractivity contribution is -0.128. The van der Waals surface area contributed by atoms with Crippen molar-refractivity contribution < 1.29 is 9.90 Å². The van der Waals surface area contributed by atoms with Crippen LogP contribution in [0, 0.1) is 0 Å². The number of benzene rings is 1. The van der Waals surface area contributed by atoms with E-state index in [0.29, 0.717) is 13.0 Å². The number of amides is 1. The Morgan fingerprint density at radius 1 is 1.25 bits per heavy atom. The largest absolute Gasteiger partial charge is 0.391 e. The van der Waals surface area contributed by atoms with Crippen molar-refractivity contribution in [3.05, 3.63) is 35.9 Å². The number of carbonyl (C=O) groups is 1. The molecule has 1 N–H and O–H groups in total. The number of fused-ring (bicyclic) bond motifs is 1. The van der Waals surface area contributed by atoms with Gasteiger partial charge in [-0.05, 0) is 12.0 Å². The van der Waals surface area contributed by atoms with Gasteiger partial charge in [-0.15, -0.1) is 0 Å². The van der Waals surface area contributed by atoms with Crippen LogP contribution in [0.15, 0.2) is 30.3 Å². The van der Waals surface area contributed by atoms with Crippen LogP contribution in [-0.2, 0) is 4.79 Å². The van der Waals surface area contributed by atoms with Crippen molar-refractivity contribution in [2.24, 2.45) is 0 Å². The highest BCUT2D eigenvalue weighted by atomic mass is 16.3. The summed E-state index contributed by atoms with van der Waals surface area (Å²) in [6.45, 7) is 0.521. The second-order valence-electron chi connectivity index (χ2n) is 4.72. The minimum Gasteiger partial charge on any atom is -0.391 e. The Balaban J connectivity index is 1.90. The molecule has 0 unspecified atom stereocenters. The smallest absolute Gasteiger partial charge is 0.223 e. The molecule has 3 heteroatoms. The molecule has 2 saturated heterocycles. The highest BCUT2D eigenvalue weighted by Crippen LogP contribution is 2.39. The van der Waals surface area contributed by atoms with E-state index >= 15 is 0 Å². The third-order valence-corrected chi connectivity index (χ3v) is 3.73. The summed E-state index contributed by atoms with van der Waals surface area (Å²) in [6.07, 6.45) is 0.993. The number of nitrogens with zero attached hydrogens (tertiary/aromatic N) is 1. The van der Waals surface area contributed by atoms with Gasteiger partial charge >= 0.3 is 0 Å². The van der Waals surface area contributed by atoms with Gasteiger partial charge in [0, 0.05) is 24.9 Å². The molecule has 0 spiro atoms. The third kappa shape index (κ3) is 1.43. The molecule has 84 valence electrons. The lowest BCUT2D eigenvalue weighted by Gasteiger charge is -2.19. The van der Waals surface area contributed by atoms with Gasteiger partial charge in [-0.3, -0.25) is 4.79 Å². The molecular weight excluding hydrogens is 202 g/mol. The lowest BCUT2D eigenvalue weighted by atomic mass is 9.90. The Kier molecular flexibility index (Phi) is 2.21. The summed E-state index contributed by atoms with van der Waals surface area (Å²) >= 11 is 0. The van der Waals surface area contributed by atoms with E-state index in [1.165, 1.54) is 5.56 Å². The molecule has 2 fully saturated rings. The van der Waals surface area contributed by atoms with E-state index < -0.39 is 0 Å². The standard InChI is InChI=1S/C13H15NO2/c15-10-6-12-11(7-13(16)14(12)8-10)9-4-2-1-3-5-9/h1-5,10-12,15H,6-8H2/t10-,11-,12+/m1/s1. The minimum absolute atomic E-state index is 0.190. The zero-order valence-electron chi connectivity index (χ0n) is 9.04. The molecule has 16 heavy (non-hydrogen) atoms. The molecule has 1 amide bonds. The van der Waals surface area contributed by atoms with Gasteiger partial charge in [0.2, 0.25) is 5.91 Å². The Bertz CT molecular complexity index is 404. The molecule has 2 aliphatic rings. The van der Waals surface area contributed by atoms with Gasteiger partial charge < -0.3 is 10.0 Å². The number of hydrogen-bond donors (Lipinski definition) is 1. The minimum atomic E-state index is -0.333. The van der Waals surface area contributed by atoms with Crippen molar-refractivity contribution in [3.8, 4) is 0 Å². The number of rotatable bonds is 1. The molecule has 0 aromatic heterocycles. The second-order valence-corrected chi connectivity index (χ2v) is 4.72. The molecule has 1 aromatic carbocycles. The predicted octanol–water partition coefficient (Wildman–Crippen LogP) is 1.14. The van der Waals surface area contributed by atoms with Crippen molar-refractivity contribution in [2.45, 2.75) is 30.9 Å². The van der Waals surface area contributed by atoms with E-state index in [4.69, 9.17) is 0 Å². The Labute approximate surface area is 94.7 Å². The first kappa shape index (κ1) is 9.85. The molecule has 2 aliphatic heterocycles. The summed E-state index contributed by atoms with van der Waals surface area (Å²) in [7, 11) is 0. The summed E-state index contributed by atoms with van der Waals surface area (Å²) in [6, 6.07) is 10.4. The molecule has 0 bridgehead atoms. The monoisotopic (exact) mass is 217 g/mol. The first-order valence-corrected chi connectivity index (χ1v) is 5.78. The maximum atomic E-state index is 11.8. The summed E-state index contributed by atoms with van der Waals surface area (Å²) in [5, 5.41) is 9.62. The number of aliphatic hydroxyl groups excluding tert-OH is 1. The molecule has 1 aromatic rings. The van der Waals surface area contributed by atoms with Crippen molar-refractivity contribution in [3.63, 3.8) is 0 Å². The Hall–Kier alpha value is -1.35. The number of hydrogen-bond acceptors (Lipinski definition) is 2. The zero-order valence-corrected chi connectivity index (χ0v) is 9.04. The highest BCUT2D eigenvalue weighted by molar-refractivity contribution is 5.81. The Morgan fingerprint density at radius 2 is 2.00 bits per heavy atom. The molecule has 3 atom stereocenters. The number of carbonyl (C=O) groups excluding carboxylic acids is 1. The summed E-state index contributed by atoms with van der Waals surface area (Å²) in [5.74, 6) is 0.459. The summed E-state index contributed by atoms with van der Waals surface area (Å²) < 4.78 is 0. The van der Waals surface area contributed by atoms with E-state index in [1.54, 1.807) is 0 Å². The van der Waals surface area contributed by atoms with Crippen LogP contribution in [0.3, 0.4) is 0 Å². The van der Waals surface area contributed by atoms with E-state index in [1.807, 2.05) is 23.1 Å². The molecule has 0 radical (unpaired) electrons. The van der Waals surface area contributed by atoms with Gasteiger partial charge in [-0.2, -0.15) is 0 Å². The topological polar surface area (TPSA) is 40.5 Å². The van der Waals surface area contributed by atoms with E-state index in [-0.39, 0.29) is 24.0 Å². The van der Waals surface area contributed by atoms with E-state index in [2.05, 4.69) is 12.1 Å². The first-order chi connectivity index (χ1) is 7.75. The van der Waals surface area contributed by atoms with Crippen molar-refractivity contribution in [1.82, 2.24) is 4.90 Å². The van der Waals surface area contributed by atoms with Crippen LogP contribution in [0.4, 0.5) is 0 Å². The highest BCUT2D eigenvalue weighted by Gasteiger charge is 2.45. The fourth-order valence-electron chi connectivity index (χ4n) is 2.99. The SMILES string of the molecule is O=C1C[C@H](c2ccccc2)[C@@H]2C[C@@H](O)CN12. The van der Waals surface area contributed by atoms with Gasteiger partial charge in [0.25, 0.3) is 0 Å². The van der Waals surface area contributed by atoms with Crippen LogP contribution < -0.4 is 0 Å². The quantitative estimate of drug-likeness (QED) is 0.766. The van der Waals surface area contributed by atoms with Crippen molar-refractivity contribution in [2.75, 3.05) is 6.54 Å². The average Bonchev–Trinajstić information content (AvgIpc) is 2.80. The van der Waals surface area contributed by atoms with E-state index in [9.17, 15) is 9.90 Å². The maximum Gasteiger partial charge on any atom is 0.223 e. The van der Waals surface area contributed by atoms with Crippen molar-refractivity contribution >= 4 is 5.91 Å². The maximum absolute atomic E-state index is 11.8. The summed E-state index contributed by atoms with van der Waals surface area (Å²) in [4.78, 5) is 13.6. The summed E-state index contributed by atoms with van der Waals surface area (Å²) in [5.41, 5.74) is 1.22. The van der Waals surface area contributed by atoms with Crippen LogP contribution >= 0.6 is 0 Å². The van der Waals surface area contributed by atoms with Gasteiger partial charge in [0.1, 0.15) is 0 Å². The average molecular weight is 217 g/mol. The third-order valence-electron chi connectivity index (χ3n) is 3.73. The van der Waals surface area contributed by atoms with Gasteiger partial charge in [-0.25, -0.2) is 0 Å². The van der Waals surface area contributed by atoms with Crippen LogP contribution in [0.2, 0.25) is 0 Å². The van der Waals surface area contributed by atoms with Crippen LogP contribution in [0.25, 0.3) is 0 Å². The fraction of sp³-hybridized carbons (Fsp3) is 0.462. The van der Waals surface area contributed by atoms with Crippen molar-refractivity contribution in [1.29, 1.82) is 0 Å². The zero-order chi connectivity index (χ0) is 11.1. The predicted molar refractivity (Wildman–Crippen MR) is 59.9 cm³/mol. The molecular formula is C13H15NO2. The van der Waals surface area contributed by atoms with Crippen LogP contribution in [0.5, 0.6) is 0 Å². The number of aliphatic hydroxyl groups is 1. The van der Waals surface area contributed by atoms with Gasteiger partial charge in [0.15, 0.2) is 0 Å². The molecule has 3 rings (SSSR count). The van der Waals surface area contributed by atoms with Crippen LogP contribution in [0.1, 0.15) is 24.3 Å². The molecule has 0 aliphatic carbocycles. The molecule has 3 nitrogen and oxygen atoms in total. The lowest BCUT2D eigenvalue weighted by Crippen LogP contribution is -2.29. The van der Waals surface area contributed by atoms with Gasteiger partial charge in [-0.1, -0.05) is 30.3 Å². The van der Waals surface area contributed by atoms with Crippen LogP contribution in [-0.4, -0.2) is 34.6 Å². The molecule has 2 heterocycles. The first-order valence-electron chi connectivity index (χ1n) is 5.78. The van der Waals surface area contributed by atoms with Gasteiger partial charge in [0.05, 0.1) is 6.10 Å². The normalized spacial score (nSPS) is 33.2. The molecule has 0 saturated carbocycles. The Morgan fingerprint density at radius 3 is 2.75 bits per heavy atom. The van der Waals surface area contributed by atoms with E-state index in [0.717, 1.165) is 6.42 Å². The fourth-order valence-corrected chi connectivity index (χ4v) is 2.99. The second kappa shape index (κ2) is 3.59.